The summed E-state index contributed by atoms with van der Waals surface area (Å²) in [4.78, 5) is 22.6. The van der Waals surface area contributed by atoms with E-state index in [0.29, 0.717) is 6.54 Å². The van der Waals surface area contributed by atoms with Crippen molar-refractivity contribution in [2.24, 2.45) is 0 Å². The van der Waals surface area contributed by atoms with Gasteiger partial charge in [-0.15, -0.1) is 5.10 Å². The number of nitrogens with one attached hydrogen (secondary N) is 3. The molecule has 1 unspecified atom stereocenters. The lowest BCUT2D eigenvalue weighted by atomic mass is 10.3. The molecule has 0 radical (unpaired) electrons. The van der Waals surface area contributed by atoms with Gasteiger partial charge < -0.3 is 10.6 Å². The van der Waals surface area contributed by atoms with Crippen molar-refractivity contribution in [2.45, 2.75) is 19.5 Å². The first-order valence-corrected chi connectivity index (χ1v) is 5.16. The summed E-state index contributed by atoms with van der Waals surface area (Å²) in [7, 11) is 3.23. The second-order valence-electron chi connectivity index (χ2n) is 3.46. The smallest absolute Gasteiger partial charge is 0.321 e. The van der Waals surface area contributed by atoms with Gasteiger partial charge in [0.15, 0.2) is 0 Å². The van der Waals surface area contributed by atoms with Crippen molar-refractivity contribution in [1.29, 1.82) is 0 Å². The molecule has 1 rings (SSSR count). The number of carbonyl (C=O) groups excluding carboxylic acids is 2. The van der Waals surface area contributed by atoms with Gasteiger partial charge in [0.25, 0.3) is 5.91 Å². The first kappa shape index (κ1) is 13.1. The zero-order chi connectivity index (χ0) is 12.8. The van der Waals surface area contributed by atoms with Crippen molar-refractivity contribution >= 4 is 11.9 Å². The van der Waals surface area contributed by atoms with Crippen LogP contribution >= 0.6 is 0 Å². The summed E-state index contributed by atoms with van der Waals surface area (Å²) in [6, 6.07) is -1.14. The molecule has 3 amide bonds. The van der Waals surface area contributed by atoms with Crippen molar-refractivity contribution in [2.75, 3.05) is 14.1 Å². The number of hydrogen-bond donors (Lipinski definition) is 3. The average molecular weight is 240 g/mol. The second kappa shape index (κ2) is 5.94. The Bertz CT molecular complexity index is 402. The van der Waals surface area contributed by atoms with Crippen molar-refractivity contribution in [1.82, 2.24) is 30.9 Å². The summed E-state index contributed by atoms with van der Waals surface area (Å²) in [6.07, 6.45) is 1.66. The molecule has 0 aliphatic rings. The summed E-state index contributed by atoms with van der Waals surface area (Å²) in [5.74, 6) is -0.440. The number of nitrogens with zero attached hydrogens (tertiary/aromatic N) is 3. The Labute approximate surface area is 98.8 Å². The standard InChI is InChI=1S/C9H16N6O2/c1-6(8(16)12-9(17)11-3)15-5-7(4-10-2)13-14-15/h5-6,10H,4H2,1-3H3,(H2,11,12,16,17). The first-order valence-electron chi connectivity index (χ1n) is 5.16. The van der Waals surface area contributed by atoms with Crippen LogP contribution in [0.5, 0.6) is 0 Å². The van der Waals surface area contributed by atoms with Crippen LogP contribution < -0.4 is 16.0 Å². The van der Waals surface area contributed by atoms with E-state index in [0.717, 1.165) is 5.69 Å². The van der Waals surface area contributed by atoms with Crippen molar-refractivity contribution in [3.8, 4) is 0 Å². The van der Waals surface area contributed by atoms with E-state index in [1.165, 1.54) is 11.7 Å². The predicted octanol–water partition coefficient (Wildman–Crippen LogP) is -0.986. The van der Waals surface area contributed by atoms with E-state index in [9.17, 15) is 9.59 Å². The van der Waals surface area contributed by atoms with Crippen LogP contribution in [0.2, 0.25) is 0 Å². The number of aromatic nitrogens is 3. The van der Waals surface area contributed by atoms with Gasteiger partial charge in [-0.05, 0) is 14.0 Å². The van der Waals surface area contributed by atoms with Gasteiger partial charge in [-0.2, -0.15) is 0 Å². The van der Waals surface area contributed by atoms with E-state index in [-0.39, 0.29) is 0 Å². The Morgan fingerprint density at radius 3 is 2.76 bits per heavy atom. The SMILES string of the molecule is CNCc1cn(C(C)C(=O)NC(=O)NC)nn1. The first-order chi connectivity index (χ1) is 8.08. The average Bonchev–Trinajstić information content (AvgIpc) is 2.76. The van der Waals surface area contributed by atoms with Crippen molar-refractivity contribution in [3.05, 3.63) is 11.9 Å². The van der Waals surface area contributed by atoms with E-state index in [1.807, 2.05) is 0 Å². The van der Waals surface area contributed by atoms with E-state index < -0.39 is 18.0 Å². The van der Waals surface area contributed by atoms with Gasteiger partial charge in [-0.3, -0.25) is 10.1 Å². The summed E-state index contributed by atoms with van der Waals surface area (Å²) in [5.41, 5.74) is 0.729. The monoisotopic (exact) mass is 240 g/mol. The molecule has 8 heteroatoms. The summed E-state index contributed by atoms with van der Waals surface area (Å²) in [5, 5.41) is 15.1. The maximum Gasteiger partial charge on any atom is 0.321 e. The fraction of sp³-hybridized carbons (Fsp3) is 0.556. The summed E-state index contributed by atoms with van der Waals surface area (Å²) >= 11 is 0. The molecular weight excluding hydrogens is 224 g/mol. The Morgan fingerprint density at radius 1 is 1.47 bits per heavy atom. The number of amides is 3. The fourth-order valence-electron chi connectivity index (χ4n) is 1.16. The van der Waals surface area contributed by atoms with Crippen LogP contribution in [0.15, 0.2) is 6.20 Å². The minimum Gasteiger partial charge on any atom is -0.341 e. The highest BCUT2D eigenvalue weighted by Crippen LogP contribution is 2.04. The normalized spacial score (nSPS) is 11.9. The summed E-state index contributed by atoms with van der Waals surface area (Å²) < 4.78 is 1.41. The molecule has 1 atom stereocenters. The van der Waals surface area contributed by atoms with Gasteiger partial charge in [0, 0.05) is 13.6 Å². The van der Waals surface area contributed by atoms with E-state index >= 15 is 0 Å². The van der Waals surface area contributed by atoms with Crippen LogP contribution in [0.1, 0.15) is 18.7 Å². The highest BCUT2D eigenvalue weighted by molar-refractivity contribution is 5.95. The Hall–Kier alpha value is -1.96. The van der Waals surface area contributed by atoms with Gasteiger partial charge in [-0.1, -0.05) is 5.21 Å². The van der Waals surface area contributed by atoms with Gasteiger partial charge in [0.1, 0.15) is 6.04 Å². The number of urea groups is 1. The van der Waals surface area contributed by atoms with Crippen LogP contribution in [0.25, 0.3) is 0 Å². The molecule has 0 fully saturated rings. The molecule has 1 aromatic rings. The molecule has 0 spiro atoms. The Morgan fingerprint density at radius 2 is 2.18 bits per heavy atom. The van der Waals surface area contributed by atoms with E-state index in [1.54, 1.807) is 20.2 Å². The minimum absolute atomic E-state index is 0.440. The molecule has 1 heterocycles. The molecule has 1 aromatic heterocycles. The second-order valence-corrected chi connectivity index (χ2v) is 3.46. The maximum atomic E-state index is 11.6. The number of carbonyl (C=O) groups is 2. The fourth-order valence-corrected chi connectivity index (χ4v) is 1.16. The predicted molar refractivity (Wildman–Crippen MR) is 60.1 cm³/mol. The molecule has 0 saturated heterocycles. The quantitative estimate of drug-likeness (QED) is 0.627. The highest BCUT2D eigenvalue weighted by atomic mass is 16.2. The third kappa shape index (κ3) is 3.52. The highest BCUT2D eigenvalue weighted by Gasteiger charge is 2.18. The lowest BCUT2D eigenvalue weighted by Gasteiger charge is -2.10. The van der Waals surface area contributed by atoms with Crippen LogP contribution in [0, 0.1) is 0 Å². The molecule has 0 aliphatic heterocycles. The third-order valence-corrected chi connectivity index (χ3v) is 2.16. The van der Waals surface area contributed by atoms with Crippen molar-refractivity contribution in [3.63, 3.8) is 0 Å². The number of imide groups is 1. The van der Waals surface area contributed by atoms with Gasteiger partial charge in [0.05, 0.1) is 11.9 Å². The molecule has 17 heavy (non-hydrogen) atoms. The molecule has 3 N–H and O–H groups in total. The minimum atomic E-state index is -0.592. The molecule has 8 nitrogen and oxygen atoms in total. The molecule has 94 valence electrons. The van der Waals surface area contributed by atoms with Crippen molar-refractivity contribution < 1.29 is 9.59 Å². The van der Waals surface area contributed by atoms with Crippen LogP contribution in [-0.4, -0.2) is 41.0 Å². The van der Waals surface area contributed by atoms with Crippen LogP contribution in [0.4, 0.5) is 4.79 Å². The third-order valence-electron chi connectivity index (χ3n) is 2.16. The lowest BCUT2D eigenvalue weighted by molar-refractivity contribution is -0.123. The Balaban J connectivity index is 2.64. The Kier molecular flexibility index (Phi) is 4.58. The van der Waals surface area contributed by atoms with Crippen LogP contribution in [0.3, 0.4) is 0 Å². The van der Waals surface area contributed by atoms with Gasteiger partial charge in [0.2, 0.25) is 0 Å². The molecule has 0 aromatic carbocycles. The molecule has 0 bridgehead atoms. The van der Waals surface area contributed by atoms with E-state index in [2.05, 4.69) is 26.3 Å². The molecule has 0 aliphatic carbocycles. The zero-order valence-electron chi connectivity index (χ0n) is 10.0. The largest absolute Gasteiger partial charge is 0.341 e. The zero-order valence-corrected chi connectivity index (χ0v) is 10.0. The lowest BCUT2D eigenvalue weighted by Crippen LogP contribution is -2.40. The van der Waals surface area contributed by atoms with Gasteiger partial charge >= 0.3 is 6.03 Å². The van der Waals surface area contributed by atoms with E-state index in [4.69, 9.17) is 0 Å². The van der Waals surface area contributed by atoms with Gasteiger partial charge in [-0.25, -0.2) is 9.48 Å². The van der Waals surface area contributed by atoms with Crippen LogP contribution in [-0.2, 0) is 11.3 Å². The molecule has 0 saturated carbocycles. The number of rotatable bonds is 4. The number of hydrogen-bond acceptors (Lipinski definition) is 5. The summed E-state index contributed by atoms with van der Waals surface area (Å²) in [6.45, 7) is 2.21. The topological polar surface area (TPSA) is 101 Å². The molecular formula is C9H16N6O2. The maximum absolute atomic E-state index is 11.6.